The zero-order valence-corrected chi connectivity index (χ0v) is 10.5. The third-order valence-electron chi connectivity index (χ3n) is 2.75. The highest BCUT2D eigenvalue weighted by atomic mass is 19.2. The lowest BCUT2D eigenvalue weighted by atomic mass is 10.1. The Balaban J connectivity index is 1.88. The van der Waals surface area contributed by atoms with Crippen LogP contribution in [0.25, 0.3) is 0 Å². The van der Waals surface area contributed by atoms with Gasteiger partial charge in [-0.3, -0.25) is 4.79 Å². The lowest BCUT2D eigenvalue weighted by Crippen LogP contribution is -2.29. The van der Waals surface area contributed by atoms with E-state index in [1.807, 2.05) is 0 Å². The van der Waals surface area contributed by atoms with Crippen molar-refractivity contribution >= 4 is 5.91 Å². The third-order valence-corrected chi connectivity index (χ3v) is 2.75. The highest BCUT2D eigenvalue weighted by Gasteiger charge is 2.14. The summed E-state index contributed by atoms with van der Waals surface area (Å²) >= 11 is 0. The molecule has 0 spiro atoms. The molecule has 1 heterocycles. The maximum absolute atomic E-state index is 13.4. The molecule has 0 fully saturated rings. The molecule has 106 valence electrons. The summed E-state index contributed by atoms with van der Waals surface area (Å²) in [6.45, 7) is -0.0662. The molecule has 0 aliphatic carbocycles. The van der Waals surface area contributed by atoms with E-state index in [9.17, 15) is 18.7 Å². The fourth-order valence-electron chi connectivity index (χ4n) is 1.71. The van der Waals surface area contributed by atoms with Crippen LogP contribution in [0.1, 0.15) is 17.4 Å². The Morgan fingerprint density at radius 2 is 2.10 bits per heavy atom. The molecule has 0 radical (unpaired) electrons. The van der Waals surface area contributed by atoms with Crippen LogP contribution in [0.3, 0.4) is 0 Å². The van der Waals surface area contributed by atoms with Crippen LogP contribution < -0.4 is 5.32 Å². The first-order valence-corrected chi connectivity index (χ1v) is 5.99. The predicted octanol–water partition coefficient (Wildman–Crippen LogP) is 1.95. The Labute approximate surface area is 114 Å². The molecule has 1 atom stereocenters. The number of amides is 1. The SMILES string of the molecule is O=C(Cc1cccc(F)c1F)NCC(O)c1ccco1. The number of benzene rings is 1. The number of nitrogens with one attached hydrogen (secondary N) is 1. The molecule has 2 rings (SSSR count). The summed E-state index contributed by atoms with van der Waals surface area (Å²) in [5, 5.41) is 12.1. The predicted molar refractivity (Wildman–Crippen MR) is 66.7 cm³/mol. The van der Waals surface area contributed by atoms with E-state index in [2.05, 4.69) is 5.32 Å². The first-order chi connectivity index (χ1) is 9.58. The summed E-state index contributed by atoms with van der Waals surface area (Å²) in [4.78, 5) is 11.6. The van der Waals surface area contributed by atoms with Crippen molar-refractivity contribution < 1.29 is 23.1 Å². The molecule has 0 bridgehead atoms. The Morgan fingerprint density at radius 1 is 1.30 bits per heavy atom. The highest BCUT2D eigenvalue weighted by molar-refractivity contribution is 5.78. The Bertz CT molecular complexity index is 584. The van der Waals surface area contributed by atoms with E-state index in [4.69, 9.17) is 4.42 Å². The topological polar surface area (TPSA) is 62.5 Å². The second-order valence-corrected chi connectivity index (χ2v) is 4.23. The molecule has 0 saturated heterocycles. The minimum absolute atomic E-state index is 0.0324. The average Bonchev–Trinajstić information content (AvgIpc) is 2.95. The van der Waals surface area contributed by atoms with Crippen LogP contribution in [0, 0.1) is 11.6 Å². The first kappa shape index (κ1) is 14.2. The minimum Gasteiger partial charge on any atom is -0.467 e. The monoisotopic (exact) mass is 281 g/mol. The van der Waals surface area contributed by atoms with Gasteiger partial charge in [0.25, 0.3) is 0 Å². The van der Waals surface area contributed by atoms with Crippen molar-refractivity contribution in [3.8, 4) is 0 Å². The van der Waals surface area contributed by atoms with Crippen molar-refractivity contribution in [1.82, 2.24) is 5.32 Å². The summed E-state index contributed by atoms with van der Waals surface area (Å²) in [7, 11) is 0. The quantitative estimate of drug-likeness (QED) is 0.880. The molecule has 6 heteroatoms. The number of hydrogen-bond acceptors (Lipinski definition) is 3. The van der Waals surface area contributed by atoms with Gasteiger partial charge < -0.3 is 14.8 Å². The second-order valence-electron chi connectivity index (χ2n) is 4.23. The molecule has 0 aliphatic rings. The van der Waals surface area contributed by atoms with Gasteiger partial charge in [-0.05, 0) is 18.2 Å². The lowest BCUT2D eigenvalue weighted by Gasteiger charge is -2.10. The summed E-state index contributed by atoms with van der Waals surface area (Å²) in [6.07, 6.45) is 0.128. The zero-order chi connectivity index (χ0) is 14.5. The number of carbonyl (C=O) groups excluding carboxylic acids is 1. The molecular formula is C14H13F2NO3. The van der Waals surface area contributed by atoms with Crippen LogP contribution in [-0.4, -0.2) is 17.6 Å². The molecule has 4 nitrogen and oxygen atoms in total. The van der Waals surface area contributed by atoms with E-state index in [1.165, 1.54) is 18.4 Å². The molecule has 0 saturated carbocycles. The number of carbonyl (C=O) groups is 1. The van der Waals surface area contributed by atoms with Crippen molar-refractivity contribution in [3.05, 3.63) is 59.6 Å². The number of aliphatic hydroxyl groups excluding tert-OH is 1. The van der Waals surface area contributed by atoms with Crippen LogP contribution in [0.4, 0.5) is 8.78 Å². The Kier molecular flexibility index (Phi) is 4.47. The van der Waals surface area contributed by atoms with Crippen LogP contribution in [-0.2, 0) is 11.2 Å². The average molecular weight is 281 g/mol. The van der Waals surface area contributed by atoms with Crippen molar-refractivity contribution in [2.75, 3.05) is 6.54 Å². The van der Waals surface area contributed by atoms with Gasteiger partial charge in [-0.25, -0.2) is 8.78 Å². The number of aliphatic hydroxyl groups is 1. The van der Waals surface area contributed by atoms with Crippen molar-refractivity contribution in [2.24, 2.45) is 0 Å². The fourth-order valence-corrected chi connectivity index (χ4v) is 1.71. The van der Waals surface area contributed by atoms with Crippen molar-refractivity contribution in [2.45, 2.75) is 12.5 Å². The maximum atomic E-state index is 13.4. The molecule has 2 N–H and O–H groups in total. The van der Waals surface area contributed by atoms with E-state index in [-0.39, 0.29) is 18.5 Å². The summed E-state index contributed by atoms with van der Waals surface area (Å²) < 4.78 is 31.3. The van der Waals surface area contributed by atoms with Gasteiger partial charge in [0.1, 0.15) is 11.9 Å². The smallest absolute Gasteiger partial charge is 0.224 e. The second kappa shape index (κ2) is 6.29. The zero-order valence-electron chi connectivity index (χ0n) is 10.5. The normalized spacial score (nSPS) is 12.2. The molecule has 1 aromatic carbocycles. The largest absolute Gasteiger partial charge is 0.467 e. The number of rotatable bonds is 5. The third kappa shape index (κ3) is 3.42. The van der Waals surface area contributed by atoms with Gasteiger partial charge >= 0.3 is 0 Å². The van der Waals surface area contributed by atoms with Crippen LogP contribution in [0.15, 0.2) is 41.0 Å². The van der Waals surface area contributed by atoms with Crippen LogP contribution >= 0.6 is 0 Å². The van der Waals surface area contributed by atoms with Gasteiger partial charge in [-0.15, -0.1) is 0 Å². The van der Waals surface area contributed by atoms with Gasteiger partial charge in [0.2, 0.25) is 5.91 Å². The van der Waals surface area contributed by atoms with E-state index >= 15 is 0 Å². The summed E-state index contributed by atoms with van der Waals surface area (Å²) in [5.74, 6) is -2.22. The molecule has 2 aromatic rings. The van der Waals surface area contributed by atoms with Gasteiger partial charge in [0.05, 0.1) is 19.2 Å². The standard InChI is InChI=1S/C14H13F2NO3/c15-10-4-1-3-9(14(10)16)7-13(19)17-8-11(18)12-5-2-6-20-12/h1-6,11,18H,7-8H2,(H,17,19). The molecular weight excluding hydrogens is 268 g/mol. The number of halogens is 2. The maximum Gasteiger partial charge on any atom is 0.224 e. The van der Waals surface area contributed by atoms with Gasteiger partial charge in [-0.2, -0.15) is 0 Å². The van der Waals surface area contributed by atoms with E-state index < -0.39 is 23.6 Å². The summed E-state index contributed by atoms with van der Waals surface area (Å²) in [6, 6.07) is 6.84. The van der Waals surface area contributed by atoms with Crippen molar-refractivity contribution in [1.29, 1.82) is 0 Å². The fraction of sp³-hybridized carbons (Fsp3) is 0.214. The number of furan rings is 1. The Hall–Kier alpha value is -2.21. The van der Waals surface area contributed by atoms with Crippen LogP contribution in [0.2, 0.25) is 0 Å². The molecule has 0 aliphatic heterocycles. The molecule has 20 heavy (non-hydrogen) atoms. The van der Waals surface area contributed by atoms with Gasteiger partial charge in [0, 0.05) is 5.56 Å². The summed E-state index contributed by atoms with van der Waals surface area (Å²) in [5.41, 5.74) is -0.0324. The van der Waals surface area contributed by atoms with Crippen molar-refractivity contribution in [3.63, 3.8) is 0 Å². The van der Waals surface area contributed by atoms with Crippen LogP contribution in [0.5, 0.6) is 0 Å². The van der Waals surface area contributed by atoms with E-state index in [0.29, 0.717) is 5.76 Å². The van der Waals surface area contributed by atoms with E-state index in [1.54, 1.807) is 12.1 Å². The van der Waals surface area contributed by atoms with E-state index in [0.717, 1.165) is 6.07 Å². The van der Waals surface area contributed by atoms with Gasteiger partial charge in [0.15, 0.2) is 11.6 Å². The molecule has 1 amide bonds. The number of hydrogen-bond donors (Lipinski definition) is 2. The lowest BCUT2D eigenvalue weighted by molar-refractivity contribution is -0.121. The highest BCUT2D eigenvalue weighted by Crippen LogP contribution is 2.13. The molecule has 1 unspecified atom stereocenters. The molecule has 1 aromatic heterocycles. The minimum atomic E-state index is -1.03. The van der Waals surface area contributed by atoms with Gasteiger partial charge in [-0.1, -0.05) is 12.1 Å². The Morgan fingerprint density at radius 3 is 2.80 bits per heavy atom. The first-order valence-electron chi connectivity index (χ1n) is 5.99.